The zero-order valence-corrected chi connectivity index (χ0v) is 13.2. The molecule has 2 rings (SSSR count). The summed E-state index contributed by atoms with van der Waals surface area (Å²) in [4.78, 5) is 10.8. The standard InChI is InChI=1S/C13H22BrN5/c1-3-9-4-6-10(7-5-9)19(2)12-11(14)8-16-13(17-12)18-15/h8-10H,3-7,15H2,1-2H3,(H,16,17,18). The molecule has 106 valence electrons. The lowest BCUT2D eigenvalue weighted by molar-refractivity contribution is 0.313. The van der Waals surface area contributed by atoms with E-state index in [0.717, 1.165) is 16.2 Å². The molecule has 0 unspecified atom stereocenters. The highest BCUT2D eigenvalue weighted by Gasteiger charge is 2.25. The van der Waals surface area contributed by atoms with Crippen LogP contribution in [0.3, 0.4) is 0 Å². The van der Waals surface area contributed by atoms with Gasteiger partial charge in [0.15, 0.2) is 0 Å². The summed E-state index contributed by atoms with van der Waals surface area (Å²) >= 11 is 3.52. The number of nitrogens with zero attached hydrogens (tertiary/aromatic N) is 3. The van der Waals surface area contributed by atoms with Crippen LogP contribution in [0.4, 0.5) is 11.8 Å². The second-order valence-corrected chi connectivity index (χ2v) is 6.06. The number of hydrogen-bond donors (Lipinski definition) is 2. The first-order valence-corrected chi connectivity index (χ1v) is 7.67. The Morgan fingerprint density at radius 1 is 1.42 bits per heavy atom. The van der Waals surface area contributed by atoms with Gasteiger partial charge in [-0.05, 0) is 47.5 Å². The molecule has 1 aliphatic carbocycles. The summed E-state index contributed by atoms with van der Waals surface area (Å²) in [6.45, 7) is 2.29. The van der Waals surface area contributed by atoms with Crippen LogP contribution in [0.25, 0.3) is 0 Å². The Balaban J connectivity index is 2.09. The van der Waals surface area contributed by atoms with E-state index in [4.69, 9.17) is 5.84 Å². The zero-order valence-electron chi connectivity index (χ0n) is 11.6. The number of halogens is 1. The minimum absolute atomic E-state index is 0.451. The van der Waals surface area contributed by atoms with Gasteiger partial charge in [0.1, 0.15) is 5.82 Å². The van der Waals surface area contributed by atoms with E-state index in [1.807, 2.05) is 0 Å². The maximum atomic E-state index is 5.37. The summed E-state index contributed by atoms with van der Waals surface area (Å²) < 4.78 is 0.909. The van der Waals surface area contributed by atoms with Crippen molar-refractivity contribution in [1.82, 2.24) is 9.97 Å². The zero-order chi connectivity index (χ0) is 13.8. The van der Waals surface area contributed by atoms with Crippen LogP contribution in [0, 0.1) is 5.92 Å². The number of aromatic nitrogens is 2. The van der Waals surface area contributed by atoms with Gasteiger partial charge in [-0.15, -0.1) is 0 Å². The summed E-state index contributed by atoms with van der Waals surface area (Å²) in [6.07, 6.45) is 8.14. The number of hydrogen-bond acceptors (Lipinski definition) is 5. The Morgan fingerprint density at radius 3 is 2.68 bits per heavy atom. The van der Waals surface area contributed by atoms with E-state index in [1.165, 1.54) is 32.1 Å². The van der Waals surface area contributed by atoms with E-state index < -0.39 is 0 Å². The molecule has 1 fully saturated rings. The van der Waals surface area contributed by atoms with Gasteiger partial charge in [-0.3, -0.25) is 5.43 Å². The number of nitrogens with two attached hydrogens (primary N) is 1. The van der Waals surface area contributed by atoms with Gasteiger partial charge in [-0.25, -0.2) is 10.8 Å². The third-order valence-corrected chi connectivity index (χ3v) is 4.69. The highest BCUT2D eigenvalue weighted by molar-refractivity contribution is 9.10. The van der Waals surface area contributed by atoms with Crippen LogP contribution >= 0.6 is 15.9 Å². The van der Waals surface area contributed by atoms with Crippen LogP contribution in [-0.2, 0) is 0 Å². The van der Waals surface area contributed by atoms with Crippen LogP contribution in [-0.4, -0.2) is 23.1 Å². The molecule has 0 bridgehead atoms. The Labute approximate surface area is 123 Å². The first kappa shape index (κ1) is 14.5. The lowest BCUT2D eigenvalue weighted by Gasteiger charge is -2.35. The first-order chi connectivity index (χ1) is 9.15. The lowest BCUT2D eigenvalue weighted by Crippen LogP contribution is -2.36. The minimum atomic E-state index is 0.451. The number of anilines is 2. The number of nitrogens with one attached hydrogen (secondary N) is 1. The number of rotatable bonds is 4. The molecular formula is C13H22BrN5. The summed E-state index contributed by atoms with van der Waals surface area (Å²) in [7, 11) is 2.10. The fourth-order valence-electron chi connectivity index (χ4n) is 2.79. The molecule has 5 nitrogen and oxygen atoms in total. The van der Waals surface area contributed by atoms with Gasteiger partial charge in [0, 0.05) is 19.3 Å². The Morgan fingerprint density at radius 2 is 2.11 bits per heavy atom. The summed E-state index contributed by atoms with van der Waals surface area (Å²) in [5.41, 5.74) is 2.50. The van der Waals surface area contributed by atoms with Crippen molar-refractivity contribution in [2.24, 2.45) is 11.8 Å². The van der Waals surface area contributed by atoms with Gasteiger partial charge >= 0.3 is 0 Å². The molecule has 0 amide bonds. The fraction of sp³-hybridized carbons (Fsp3) is 0.692. The summed E-state index contributed by atoms with van der Waals surface area (Å²) in [6, 6.07) is 0.555. The molecule has 0 radical (unpaired) electrons. The van der Waals surface area contributed by atoms with Crippen LogP contribution in [0.5, 0.6) is 0 Å². The van der Waals surface area contributed by atoms with Crippen LogP contribution in [0.2, 0.25) is 0 Å². The maximum Gasteiger partial charge on any atom is 0.239 e. The van der Waals surface area contributed by atoms with Crippen molar-refractivity contribution in [1.29, 1.82) is 0 Å². The van der Waals surface area contributed by atoms with Crippen molar-refractivity contribution in [3.8, 4) is 0 Å². The molecule has 0 aliphatic heterocycles. The molecule has 0 aromatic carbocycles. The van der Waals surface area contributed by atoms with E-state index in [2.05, 4.69) is 50.2 Å². The highest BCUT2D eigenvalue weighted by atomic mass is 79.9. The first-order valence-electron chi connectivity index (χ1n) is 6.87. The fourth-order valence-corrected chi connectivity index (χ4v) is 3.26. The molecular weight excluding hydrogens is 306 g/mol. The van der Waals surface area contributed by atoms with Crippen molar-refractivity contribution < 1.29 is 0 Å². The Bertz CT molecular complexity index is 417. The molecule has 0 spiro atoms. The molecule has 1 saturated carbocycles. The summed E-state index contributed by atoms with van der Waals surface area (Å²) in [5, 5.41) is 0. The third kappa shape index (κ3) is 3.36. The van der Waals surface area contributed by atoms with Crippen LogP contribution in [0.15, 0.2) is 10.7 Å². The SMILES string of the molecule is CCC1CCC(N(C)c2nc(NN)ncc2Br)CC1. The molecule has 6 heteroatoms. The van der Waals surface area contributed by atoms with Crippen molar-refractivity contribution in [2.75, 3.05) is 17.4 Å². The molecule has 1 aliphatic rings. The maximum absolute atomic E-state index is 5.37. The molecule has 3 N–H and O–H groups in total. The molecule has 0 atom stereocenters. The number of nitrogen functional groups attached to an aromatic ring is 1. The molecule has 0 saturated heterocycles. The second kappa shape index (κ2) is 6.52. The van der Waals surface area contributed by atoms with Gasteiger partial charge in [-0.1, -0.05) is 13.3 Å². The van der Waals surface area contributed by atoms with Gasteiger partial charge < -0.3 is 4.90 Å². The Hall–Kier alpha value is -0.880. The van der Waals surface area contributed by atoms with Crippen molar-refractivity contribution in [3.05, 3.63) is 10.7 Å². The smallest absolute Gasteiger partial charge is 0.239 e. The summed E-state index contributed by atoms with van der Waals surface area (Å²) in [5.74, 6) is 7.63. The van der Waals surface area contributed by atoms with Crippen LogP contribution in [0.1, 0.15) is 39.0 Å². The molecule has 19 heavy (non-hydrogen) atoms. The average molecular weight is 328 g/mol. The molecule has 1 aromatic rings. The quantitative estimate of drug-likeness (QED) is 0.657. The predicted molar refractivity (Wildman–Crippen MR) is 82.0 cm³/mol. The van der Waals surface area contributed by atoms with E-state index in [0.29, 0.717) is 12.0 Å². The van der Waals surface area contributed by atoms with Gasteiger partial charge in [-0.2, -0.15) is 4.98 Å². The van der Waals surface area contributed by atoms with Gasteiger partial charge in [0.05, 0.1) is 4.47 Å². The van der Waals surface area contributed by atoms with Crippen molar-refractivity contribution in [2.45, 2.75) is 45.1 Å². The Kier molecular flexibility index (Phi) is 4.99. The highest BCUT2D eigenvalue weighted by Crippen LogP contribution is 2.33. The van der Waals surface area contributed by atoms with Crippen molar-refractivity contribution >= 4 is 27.7 Å². The normalized spacial score (nSPS) is 23.2. The average Bonchev–Trinajstić information content (AvgIpc) is 2.47. The molecule has 1 aromatic heterocycles. The minimum Gasteiger partial charge on any atom is -0.356 e. The molecule has 1 heterocycles. The largest absolute Gasteiger partial charge is 0.356 e. The third-order valence-electron chi connectivity index (χ3n) is 4.13. The topological polar surface area (TPSA) is 67.1 Å². The van der Waals surface area contributed by atoms with E-state index >= 15 is 0 Å². The predicted octanol–water partition coefficient (Wildman–Crippen LogP) is 2.93. The van der Waals surface area contributed by atoms with Crippen molar-refractivity contribution in [3.63, 3.8) is 0 Å². The van der Waals surface area contributed by atoms with Crippen LogP contribution < -0.4 is 16.2 Å². The van der Waals surface area contributed by atoms with Gasteiger partial charge in [0.25, 0.3) is 0 Å². The van der Waals surface area contributed by atoms with E-state index in [-0.39, 0.29) is 0 Å². The lowest BCUT2D eigenvalue weighted by atomic mass is 9.84. The second-order valence-electron chi connectivity index (χ2n) is 5.20. The van der Waals surface area contributed by atoms with E-state index in [9.17, 15) is 0 Å². The number of hydrazine groups is 1. The monoisotopic (exact) mass is 327 g/mol. The van der Waals surface area contributed by atoms with E-state index in [1.54, 1.807) is 6.20 Å². The van der Waals surface area contributed by atoms with Gasteiger partial charge in [0.2, 0.25) is 5.95 Å².